The number of aromatic nitrogens is 4. The van der Waals surface area contributed by atoms with E-state index in [1.165, 1.54) is 0 Å². The van der Waals surface area contributed by atoms with Crippen LogP contribution in [0.5, 0.6) is 17.4 Å². The molecule has 0 bridgehead atoms. The molecule has 0 aliphatic heterocycles. The van der Waals surface area contributed by atoms with Gasteiger partial charge in [-0.25, -0.2) is 0 Å². The van der Waals surface area contributed by atoms with Crippen LogP contribution in [0.4, 0.5) is 0 Å². The predicted octanol–water partition coefficient (Wildman–Crippen LogP) is 2.93. The smallest absolute Gasteiger partial charge is 0.251 e. The van der Waals surface area contributed by atoms with Gasteiger partial charge in [0.05, 0.1) is 26.3 Å². The number of hydrogen-bond donors (Lipinski definition) is 1. The number of carbonyl (C=O) groups excluding carboxylic acids is 1. The first-order chi connectivity index (χ1) is 15.6. The van der Waals surface area contributed by atoms with Crippen LogP contribution in [0.1, 0.15) is 15.9 Å². The SMILES string of the molecule is COc1ccc(-c2nnc3ccc(OCCNC(=O)c4cccc(C)c4)nn23)c(OC)c1. The Balaban J connectivity index is 1.46. The fourth-order valence-corrected chi connectivity index (χ4v) is 3.21. The summed E-state index contributed by atoms with van der Waals surface area (Å²) in [4.78, 5) is 12.2. The lowest BCUT2D eigenvalue weighted by atomic mass is 10.1. The fourth-order valence-electron chi connectivity index (χ4n) is 3.21. The Morgan fingerprint density at radius 1 is 1.03 bits per heavy atom. The molecule has 2 aromatic carbocycles. The van der Waals surface area contributed by atoms with Gasteiger partial charge in [-0.05, 0) is 37.3 Å². The number of nitrogens with zero attached hydrogens (tertiary/aromatic N) is 4. The van der Waals surface area contributed by atoms with Gasteiger partial charge in [0.25, 0.3) is 5.91 Å². The topological polar surface area (TPSA) is 99.9 Å². The highest BCUT2D eigenvalue weighted by Gasteiger charge is 2.16. The molecule has 0 atom stereocenters. The van der Waals surface area contributed by atoms with Gasteiger partial charge in [0.2, 0.25) is 5.88 Å². The number of methoxy groups -OCH3 is 2. The maximum atomic E-state index is 12.2. The van der Waals surface area contributed by atoms with E-state index in [4.69, 9.17) is 14.2 Å². The molecule has 4 rings (SSSR count). The summed E-state index contributed by atoms with van der Waals surface area (Å²) < 4.78 is 18.0. The second kappa shape index (κ2) is 9.34. The average molecular weight is 433 g/mol. The molecule has 0 aliphatic carbocycles. The number of amides is 1. The first kappa shape index (κ1) is 21.1. The fraction of sp³-hybridized carbons (Fsp3) is 0.217. The third-order valence-corrected chi connectivity index (χ3v) is 4.81. The molecule has 0 radical (unpaired) electrons. The van der Waals surface area contributed by atoms with Crippen molar-refractivity contribution in [2.45, 2.75) is 6.92 Å². The van der Waals surface area contributed by atoms with E-state index in [-0.39, 0.29) is 12.5 Å². The molecule has 0 spiro atoms. The number of aryl methyl sites for hydroxylation is 1. The van der Waals surface area contributed by atoms with Crippen LogP contribution in [-0.4, -0.2) is 53.1 Å². The summed E-state index contributed by atoms with van der Waals surface area (Å²) in [6.45, 7) is 2.55. The van der Waals surface area contributed by atoms with E-state index >= 15 is 0 Å². The first-order valence-electron chi connectivity index (χ1n) is 10.0. The van der Waals surface area contributed by atoms with Gasteiger partial charge in [-0.15, -0.1) is 15.3 Å². The quantitative estimate of drug-likeness (QED) is 0.427. The van der Waals surface area contributed by atoms with Gasteiger partial charge >= 0.3 is 0 Å². The Morgan fingerprint density at radius 2 is 1.91 bits per heavy atom. The first-order valence-corrected chi connectivity index (χ1v) is 10.0. The van der Waals surface area contributed by atoms with Crippen molar-refractivity contribution in [1.29, 1.82) is 0 Å². The number of benzene rings is 2. The van der Waals surface area contributed by atoms with E-state index < -0.39 is 0 Å². The summed E-state index contributed by atoms with van der Waals surface area (Å²) in [7, 11) is 3.17. The summed E-state index contributed by atoms with van der Waals surface area (Å²) in [6, 6.07) is 16.3. The number of fused-ring (bicyclic) bond motifs is 1. The predicted molar refractivity (Wildman–Crippen MR) is 118 cm³/mol. The molecule has 9 heteroatoms. The van der Waals surface area contributed by atoms with Crippen LogP contribution in [0.3, 0.4) is 0 Å². The van der Waals surface area contributed by atoms with Crippen molar-refractivity contribution in [3.63, 3.8) is 0 Å². The zero-order chi connectivity index (χ0) is 22.5. The maximum absolute atomic E-state index is 12.2. The Kier molecular flexibility index (Phi) is 6.16. The van der Waals surface area contributed by atoms with Gasteiger partial charge in [-0.2, -0.15) is 4.52 Å². The standard InChI is InChI=1S/C23H23N5O4/c1-15-5-4-6-16(13-15)23(29)24-11-12-32-21-10-9-20-25-26-22(28(20)27-21)18-8-7-17(30-2)14-19(18)31-3/h4-10,13-14H,11-12H2,1-3H3,(H,24,29). The summed E-state index contributed by atoms with van der Waals surface area (Å²) in [6.07, 6.45) is 0. The third kappa shape index (κ3) is 4.46. The molecule has 32 heavy (non-hydrogen) atoms. The minimum atomic E-state index is -0.145. The summed E-state index contributed by atoms with van der Waals surface area (Å²) in [5, 5.41) is 15.7. The Bertz CT molecular complexity index is 1250. The molecule has 0 aliphatic rings. The Morgan fingerprint density at radius 3 is 2.69 bits per heavy atom. The molecular weight excluding hydrogens is 410 g/mol. The van der Waals surface area contributed by atoms with Crippen molar-refractivity contribution in [2.75, 3.05) is 27.4 Å². The summed E-state index contributed by atoms with van der Waals surface area (Å²) in [5.41, 5.74) is 2.94. The van der Waals surface area contributed by atoms with Crippen LogP contribution in [0.2, 0.25) is 0 Å². The molecule has 164 valence electrons. The van der Waals surface area contributed by atoms with Gasteiger partial charge in [0.15, 0.2) is 11.5 Å². The van der Waals surface area contributed by atoms with Crippen LogP contribution < -0.4 is 19.5 Å². The van der Waals surface area contributed by atoms with Crippen molar-refractivity contribution in [3.05, 3.63) is 65.7 Å². The molecule has 0 saturated carbocycles. The number of nitrogens with one attached hydrogen (secondary N) is 1. The van der Waals surface area contributed by atoms with E-state index in [2.05, 4.69) is 20.6 Å². The highest BCUT2D eigenvalue weighted by molar-refractivity contribution is 5.94. The zero-order valence-electron chi connectivity index (χ0n) is 18.0. The highest BCUT2D eigenvalue weighted by Crippen LogP contribution is 2.32. The second-order valence-electron chi connectivity index (χ2n) is 7.01. The number of hydrogen-bond acceptors (Lipinski definition) is 7. The van der Waals surface area contributed by atoms with E-state index in [1.807, 2.05) is 37.3 Å². The lowest BCUT2D eigenvalue weighted by molar-refractivity contribution is 0.0946. The zero-order valence-corrected chi connectivity index (χ0v) is 18.0. The monoisotopic (exact) mass is 433 g/mol. The third-order valence-electron chi connectivity index (χ3n) is 4.81. The van der Waals surface area contributed by atoms with Gasteiger partial charge in [0, 0.05) is 17.7 Å². The van der Waals surface area contributed by atoms with Crippen molar-refractivity contribution in [2.24, 2.45) is 0 Å². The van der Waals surface area contributed by atoms with Crippen molar-refractivity contribution in [1.82, 2.24) is 25.1 Å². The molecule has 1 amide bonds. The largest absolute Gasteiger partial charge is 0.497 e. The Hall–Kier alpha value is -4.14. The van der Waals surface area contributed by atoms with E-state index in [0.29, 0.717) is 41.0 Å². The van der Waals surface area contributed by atoms with Crippen LogP contribution in [-0.2, 0) is 0 Å². The van der Waals surface area contributed by atoms with Crippen LogP contribution in [0, 0.1) is 6.92 Å². The van der Waals surface area contributed by atoms with Crippen LogP contribution in [0.15, 0.2) is 54.6 Å². The molecule has 0 unspecified atom stereocenters. The number of carbonyl (C=O) groups is 1. The lowest BCUT2D eigenvalue weighted by Crippen LogP contribution is -2.28. The minimum Gasteiger partial charge on any atom is -0.497 e. The molecular formula is C23H23N5O4. The Labute approximate surface area is 185 Å². The number of ether oxygens (including phenoxy) is 3. The summed E-state index contributed by atoms with van der Waals surface area (Å²) in [5.74, 6) is 2.01. The van der Waals surface area contributed by atoms with Crippen molar-refractivity contribution < 1.29 is 19.0 Å². The average Bonchev–Trinajstić information content (AvgIpc) is 3.24. The van der Waals surface area contributed by atoms with Crippen LogP contribution in [0.25, 0.3) is 17.0 Å². The van der Waals surface area contributed by atoms with Crippen molar-refractivity contribution in [3.8, 4) is 28.8 Å². The molecule has 1 N–H and O–H groups in total. The lowest BCUT2D eigenvalue weighted by Gasteiger charge is -2.10. The van der Waals surface area contributed by atoms with Gasteiger partial charge in [0.1, 0.15) is 18.1 Å². The molecule has 2 heterocycles. The van der Waals surface area contributed by atoms with Gasteiger partial charge in [-0.3, -0.25) is 4.79 Å². The molecule has 9 nitrogen and oxygen atoms in total. The molecule has 4 aromatic rings. The molecule has 2 aromatic heterocycles. The summed E-state index contributed by atoms with van der Waals surface area (Å²) >= 11 is 0. The van der Waals surface area contributed by atoms with Gasteiger partial charge in [-0.1, -0.05) is 17.7 Å². The van der Waals surface area contributed by atoms with Crippen molar-refractivity contribution >= 4 is 11.6 Å². The number of rotatable bonds is 8. The van der Waals surface area contributed by atoms with E-state index in [1.54, 1.807) is 43.0 Å². The van der Waals surface area contributed by atoms with Gasteiger partial charge < -0.3 is 19.5 Å². The normalized spacial score (nSPS) is 10.7. The minimum absolute atomic E-state index is 0.145. The van der Waals surface area contributed by atoms with E-state index in [9.17, 15) is 4.79 Å². The molecule has 0 fully saturated rings. The highest BCUT2D eigenvalue weighted by atomic mass is 16.5. The molecule has 0 saturated heterocycles. The van der Waals surface area contributed by atoms with E-state index in [0.717, 1.165) is 11.1 Å². The second-order valence-corrected chi connectivity index (χ2v) is 7.01. The van der Waals surface area contributed by atoms with Crippen LogP contribution >= 0.6 is 0 Å². The maximum Gasteiger partial charge on any atom is 0.251 e.